The van der Waals surface area contributed by atoms with Gasteiger partial charge in [0.15, 0.2) is 0 Å². The number of nitrogens with zero attached hydrogens (tertiary/aromatic N) is 2. The van der Waals surface area contributed by atoms with E-state index in [4.69, 9.17) is 11.6 Å². The molecule has 3 rings (SSSR count). The molecule has 1 aromatic heterocycles. The maximum absolute atomic E-state index is 12.1. The predicted octanol–water partition coefficient (Wildman–Crippen LogP) is 3.71. The Morgan fingerprint density at radius 2 is 1.82 bits per heavy atom. The molecule has 0 saturated carbocycles. The van der Waals surface area contributed by atoms with E-state index in [2.05, 4.69) is 10.4 Å². The topological polar surface area (TPSA) is 46.9 Å². The normalized spacial score (nSPS) is 10.4. The monoisotopic (exact) mass is 311 g/mol. The lowest BCUT2D eigenvalue weighted by Crippen LogP contribution is -2.14. The average molecular weight is 312 g/mol. The molecule has 22 heavy (non-hydrogen) atoms. The van der Waals surface area contributed by atoms with Crippen molar-refractivity contribution in [3.05, 3.63) is 77.6 Å². The zero-order valence-electron chi connectivity index (χ0n) is 11.7. The van der Waals surface area contributed by atoms with Crippen LogP contribution in [0.25, 0.3) is 5.69 Å². The fraction of sp³-hybridized carbons (Fsp3) is 0.0588. The van der Waals surface area contributed by atoms with Crippen LogP contribution in [0.1, 0.15) is 5.56 Å². The molecule has 0 aliphatic heterocycles. The molecule has 1 amide bonds. The predicted molar refractivity (Wildman–Crippen MR) is 87.3 cm³/mol. The van der Waals surface area contributed by atoms with Crippen molar-refractivity contribution >= 4 is 23.2 Å². The first-order chi connectivity index (χ1) is 10.7. The Bertz CT molecular complexity index is 783. The number of benzene rings is 2. The molecule has 2 aromatic carbocycles. The van der Waals surface area contributed by atoms with Gasteiger partial charge in [-0.3, -0.25) is 4.79 Å². The lowest BCUT2D eigenvalue weighted by atomic mass is 10.2. The summed E-state index contributed by atoms with van der Waals surface area (Å²) in [5.41, 5.74) is 2.42. The smallest absolute Gasteiger partial charge is 0.228 e. The van der Waals surface area contributed by atoms with E-state index >= 15 is 0 Å². The molecule has 0 radical (unpaired) electrons. The van der Waals surface area contributed by atoms with Gasteiger partial charge in [-0.1, -0.05) is 41.9 Å². The largest absolute Gasteiger partial charge is 0.324 e. The molecule has 0 atom stereocenters. The number of carbonyl (C=O) groups excluding carboxylic acids is 1. The molecule has 0 spiro atoms. The Balaban J connectivity index is 1.68. The minimum absolute atomic E-state index is 0.124. The maximum Gasteiger partial charge on any atom is 0.228 e. The van der Waals surface area contributed by atoms with Crippen LogP contribution in [0.15, 0.2) is 67.0 Å². The van der Waals surface area contributed by atoms with Crippen LogP contribution in [-0.4, -0.2) is 15.7 Å². The third-order valence-corrected chi connectivity index (χ3v) is 3.50. The molecular weight excluding hydrogens is 298 g/mol. The fourth-order valence-corrected chi connectivity index (χ4v) is 2.30. The molecule has 0 fully saturated rings. The lowest BCUT2D eigenvalue weighted by Gasteiger charge is -2.05. The number of anilines is 1. The number of nitrogens with one attached hydrogen (secondary N) is 1. The van der Waals surface area contributed by atoms with Crippen LogP contribution < -0.4 is 5.32 Å². The van der Waals surface area contributed by atoms with Crippen molar-refractivity contribution in [1.82, 2.24) is 9.78 Å². The van der Waals surface area contributed by atoms with Gasteiger partial charge in [0.25, 0.3) is 0 Å². The Hall–Kier alpha value is -2.59. The van der Waals surface area contributed by atoms with Gasteiger partial charge in [0.05, 0.1) is 29.0 Å². The second kappa shape index (κ2) is 6.45. The summed E-state index contributed by atoms with van der Waals surface area (Å²) in [7, 11) is 0. The zero-order chi connectivity index (χ0) is 15.4. The highest BCUT2D eigenvalue weighted by Gasteiger charge is 2.08. The summed E-state index contributed by atoms with van der Waals surface area (Å²) in [5.74, 6) is -0.124. The molecule has 1 heterocycles. The molecule has 0 bridgehead atoms. The fourth-order valence-electron chi connectivity index (χ4n) is 2.12. The number of amides is 1. The second-order valence-corrected chi connectivity index (χ2v) is 5.24. The van der Waals surface area contributed by atoms with Gasteiger partial charge in [-0.05, 0) is 29.8 Å². The van der Waals surface area contributed by atoms with Crippen molar-refractivity contribution in [2.75, 3.05) is 5.32 Å². The Morgan fingerprint density at radius 3 is 2.59 bits per heavy atom. The molecular formula is C17H14ClN3O. The molecule has 4 nitrogen and oxygen atoms in total. The average Bonchev–Trinajstić information content (AvgIpc) is 2.99. The standard InChI is InChI=1S/C17H14ClN3O/c18-15-8-4-5-9-16(15)20-17(22)10-13-11-19-21(12-13)14-6-2-1-3-7-14/h1-9,11-12H,10H2,(H,20,22). The summed E-state index contributed by atoms with van der Waals surface area (Å²) in [6, 6.07) is 16.9. The number of para-hydroxylation sites is 2. The first-order valence-corrected chi connectivity index (χ1v) is 7.23. The quantitative estimate of drug-likeness (QED) is 0.798. The van der Waals surface area contributed by atoms with Crippen molar-refractivity contribution in [3.63, 3.8) is 0 Å². The highest BCUT2D eigenvalue weighted by molar-refractivity contribution is 6.33. The van der Waals surface area contributed by atoms with Crippen molar-refractivity contribution in [2.24, 2.45) is 0 Å². The van der Waals surface area contributed by atoms with E-state index in [9.17, 15) is 4.79 Å². The molecule has 0 aliphatic carbocycles. The molecule has 0 aliphatic rings. The minimum Gasteiger partial charge on any atom is -0.324 e. The molecule has 3 aromatic rings. The Kier molecular flexibility index (Phi) is 4.21. The molecule has 0 saturated heterocycles. The summed E-state index contributed by atoms with van der Waals surface area (Å²) >= 11 is 6.02. The third-order valence-electron chi connectivity index (χ3n) is 3.17. The highest BCUT2D eigenvalue weighted by atomic mass is 35.5. The SMILES string of the molecule is O=C(Cc1cnn(-c2ccccc2)c1)Nc1ccccc1Cl. The van der Waals surface area contributed by atoms with E-state index in [1.807, 2.05) is 48.7 Å². The van der Waals surface area contributed by atoms with E-state index in [0.29, 0.717) is 10.7 Å². The number of carbonyl (C=O) groups is 1. The second-order valence-electron chi connectivity index (χ2n) is 4.83. The molecule has 110 valence electrons. The maximum atomic E-state index is 12.1. The number of rotatable bonds is 4. The van der Waals surface area contributed by atoms with Gasteiger partial charge < -0.3 is 5.32 Å². The Labute approximate surface area is 133 Å². The van der Waals surface area contributed by atoms with Gasteiger partial charge in [0.2, 0.25) is 5.91 Å². The van der Waals surface area contributed by atoms with Crippen LogP contribution in [0.2, 0.25) is 5.02 Å². The summed E-state index contributed by atoms with van der Waals surface area (Å²) in [6.45, 7) is 0. The van der Waals surface area contributed by atoms with Crippen molar-refractivity contribution < 1.29 is 4.79 Å². The van der Waals surface area contributed by atoms with E-state index in [-0.39, 0.29) is 12.3 Å². The first-order valence-electron chi connectivity index (χ1n) is 6.86. The third kappa shape index (κ3) is 3.35. The van der Waals surface area contributed by atoms with Gasteiger partial charge in [0, 0.05) is 6.20 Å². The van der Waals surface area contributed by atoms with Gasteiger partial charge >= 0.3 is 0 Å². The van der Waals surface area contributed by atoms with Crippen LogP contribution in [0.3, 0.4) is 0 Å². The summed E-state index contributed by atoms with van der Waals surface area (Å²) in [6.07, 6.45) is 3.79. The van der Waals surface area contributed by atoms with Crippen LogP contribution >= 0.6 is 11.6 Å². The van der Waals surface area contributed by atoms with Crippen molar-refractivity contribution in [2.45, 2.75) is 6.42 Å². The van der Waals surface area contributed by atoms with E-state index in [0.717, 1.165) is 11.3 Å². The number of halogens is 1. The van der Waals surface area contributed by atoms with Crippen LogP contribution in [-0.2, 0) is 11.2 Å². The van der Waals surface area contributed by atoms with Crippen molar-refractivity contribution in [1.29, 1.82) is 0 Å². The summed E-state index contributed by atoms with van der Waals surface area (Å²) in [5, 5.41) is 7.60. The van der Waals surface area contributed by atoms with E-state index in [1.54, 1.807) is 23.0 Å². The van der Waals surface area contributed by atoms with Gasteiger partial charge in [-0.2, -0.15) is 5.10 Å². The highest BCUT2D eigenvalue weighted by Crippen LogP contribution is 2.20. The van der Waals surface area contributed by atoms with Crippen molar-refractivity contribution in [3.8, 4) is 5.69 Å². The van der Waals surface area contributed by atoms with E-state index < -0.39 is 0 Å². The lowest BCUT2D eigenvalue weighted by molar-refractivity contribution is -0.115. The Morgan fingerprint density at radius 1 is 1.09 bits per heavy atom. The van der Waals surface area contributed by atoms with Gasteiger partial charge in [0.1, 0.15) is 0 Å². The summed E-state index contributed by atoms with van der Waals surface area (Å²) < 4.78 is 1.75. The molecule has 0 unspecified atom stereocenters. The molecule has 1 N–H and O–H groups in total. The number of aromatic nitrogens is 2. The molecule has 5 heteroatoms. The van der Waals surface area contributed by atoms with Gasteiger partial charge in [-0.25, -0.2) is 4.68 Å². The first kappa shape index (κ1) is 14.4. The summed E-state index contributed by atoms with van der Waals surface area (Å²) in [4.78, 5) is 12.1. The van der Waals surface area contributed by atoms with E-state index in [1.165, 1.54) is 0 Å². The minimum atomic E-state index is -0.124. The zero-order valence-corrected chi connectivity index (χ0v) is 12.5. The van der Waals surface area contributed by atoms with Crippen LogP contribution in [0, 0.1) is 0 Å². The van der Waals surface area contributed by atoms with Crippen LogP contribution in [0.5, 0.6) is 0 Å². The van der Waals surface area contributed by atoms with Gasteiger partial charge in [-0.15, -0.1) is 0 Å². The number of hydrogen-bond donors (Lipinski definition) is 1. The van der Waals surface area contributed by atoms with Crippen LogP contribution in [0.4, 0.5) is 5.69 Å². The number of hydrogen-bond acceptors (Lipinski definition) is 2.